The topological polar surface area (TPSA) is 135 Å². The van der Waals surface area contributed by atoms with Gasteiger partial charge in [-0.15, -0.1) is 0 Å². The molecule has 0 aliphatic carbocycles. The number of nitrogens with one attached hydrogen (secondary N) is 2. The number of ether oxygens (including phenoxy) is 4. The summed E-state index contributed by atoms with van der Waals surface area (Å²) in [5.41, 5.74) is 3.07. The van der Waals surface area contributed by atoms with E-state index in [-0.39, 0.29) is 31.2 Å². The van der Waals surface area contributed by atoms with Gasteiger partial charge < -0.3 is 29.2 Å². The Hall–Kier alpha value is -4.42. The van der Waals surface area contributed by atoms with E-state index in [1.807, 2.05) is 69.3 Å². The standard InChI is InChI=1S/C34H43N5O7/c1-33(2,3)45-31(41)38-15-17-43-20-27(38)29-35-19-26(37-29)24-9-7-22(8-10-24)23-11-13-25(14-12-23)36-30(40)28-21-44-18-16-39(28)32(42)46-34(4,5)6/h7-14,19,27-28H,15-18,20-21H2,1-6H3,(H,35,37)(H,36,40). The van der Waals surface area contributed by atoms with Crippen molar-refractivity contribution in [2.75, 3.05) is 44.8 Å². The Kier molecular flexibility index (Phi) is 9.68. The van der Waals surface area contributed by atoms with E-state index in [4.69, 9.17) is 18.9 Å². The first-order valence-corrected chi connectivity index (χ1v) is 15.5. The summed E-state index contributed by atoms with van der Waals surface area (Å²) in [6, 6.07) is 14.4. The molecule has 3 amide bonds. The van der Waals surface area contributed by atoms with Crippen LogP contribution in [0.1, 0.15) is 53.4 Å². The molecule has 246 valence electrons. The number of aromatic amines is 1. The van der Waals surface area contributed by atoms with Crippen molar-refractivity contribution < 1.29 is 33.3 Å². The molecular formula is C34H43N5O7. The van der Waals surface area contributed by atoms with Crippen molar-refractivity contribution in [3.05, 3.63) is 60.6 Å². The van der Waals surface area contributed by atoms with Gasteiger partial charge in [0, 0.05) is 18.8 Å². The number of benzene rings is 2. The lowest BCUT2D eigenvalue weighted by molar-refractivity contribution is -0.127. The SMILES string of the molecule is CC(C)(C)OC(=O)N1CCOCC1C(=O)Nc1ccc(-c2ccc(-c3cnc(C4COCCN4C(=O)OC(C)(C)C)[nH]3)cc2)cc1. The fourth-order valence-corrected chi connectivity index (χ4v) is 5.20. The Bertz CT molecular complexity index is 1520. The Morgan fingerprint density at radius 3 is 1.91 bits per heavy atom. The van der Waals surface area contributed by atoms with E-state index in [0.717, 1.165) is 22.4 Å². The minimum absolute atomic E-state index is 0.101. The molecule has 0 radical (unpaired) electrons. The minimum atomic E-state index is -0.787. The minimum Gasteiger partial charge on any atom is -0.444 e. The quantitative estimate of drug-likeness (QED) is 0.369. The molecule has 2 saturated heterocycles. The van der Waals surface area contributed by atoms with Crippen molar-refractivity contribution in [3.63, 3.8) is 0 Å². The summed E-state index contributed by atoms with van der Waals surface area (Å²) in [6.07, 6.45) is 0.830. The summed E-state index contributed by atoms with van der Waals surface area (Å²) in [6.45, 7) is 12.8. The zero-order valence-electron chi connectivity index (χ0n) is 27.3. The van der Waals surface area contributed by atoms with Crippen LogP contribution >= 0.6 is 0 Å². The number of hydrogen-bond donors (Lipinski definition) is 2. The second kappa shape index (κ2) is 13.5. The third-order valence-electron chi connectivity index (χ3n) is 7.41. The van der Waals surface area contributed by atoms with Crippen molar-refractivity contribution in [1.29, 1.82) is 0 Å². The maximum atomic E-state index is 13.1. The molecule has 2 N–H and O–H groups in total. The number of H-pyrrole nitrogens is 1. The lowest BCUT2D eigenvalue weighted by Gasteiger charge is -2.35. The molecule has 2 atom stereocenters. The molecule has 0 bridgehead atoms. The molecule has 2 fully saturated rings. The van der Waals surface area contributed by atoms with Gasteiger partial charge in [-0.05, 0) is 70.4 Å². The average molecular weight is 634 g/mol. The molecule has 5 rings (SSSR count). The Morgan fingerprint density at radius 2 is 1.30 bits per heavy atom. The highest BCUT2D eigenvalue weighted by Crippen LogP contribution is 2.29. The smallest absolute Gasteiger partial charge is 0.411 e. The number of aromatic nitrogens is 2. The number of anilines is 1. The summed E-state index contributed by atoms with van der Waals surface area (Å²) in [5, 5.41) is 2.90. The van der Waals surface area contributed by atoms with Gasteiger partial charge in [0.15, 0.2) is 0 Å². The van der Waals surface area contributed by atoms with Crippen LogP contribution in [0.2, 0.25) is 0 Å². The molecule has 1 aromatic heterocycles. The second-order valence-electron chi connectivity index (χ2n) is 13.4. The van der Waals surface area contributed by atoms with Crippen LogP contribution in [-0.4, -0.2) is 94.6 Å². The van der Waals surface area contributed by atoms with Gasteiger partial charge in [-0.25, -0.2) is 14.6 Å². The van der Waals surface area contributed by atoms with Crippen molar-refractivity contribution in [3.8, 4) is 22.4 Å². The van der Waals surface area contributed by atoms with Gasteiger partial charge in [0.2, 0.25) is 5.91 Å². The first kappa shape index (κ1) is 33.0. The zero-order chi connectivity index (χ0) is 33.1. The number of hydrogen-bond acceptors (Lipinski definition) is 8. The Morgan fingerprint density at radius 1 is 0.783 bits per heavy atom. The van der Waals surface area contributed by atoms with E-state index < -0.39 is 23.3 Å². The van der Waals surface area contributed by atoms with Crippen LogP contribution in [0.15, 0.2) is 54.7 Å². The molecule has 2 aromatic carbocycles. The number of carbonyl (C=O) groups is 3. The van der Waals surface area contributed by atoms with E-state index in [9.17, 15) is 14.4 Å². The molecule has 46 heavy (non-hydrogen) atoms. The number of carbonyl (C=O) groups excluding carboxylic acids is 3. The van der Waals surface area contributed by atoms with Gasteiger partial charge in [-0.3, -0.25) is 14.6 Å². The van der Waals surface area contributed by atoms with E-state index in [1.165, 1.54) is 4.90 Å². The highest BCUT2D eigenvalue weighted by Gasteiger charge is 2.36. The second-order valence-corrected chi connectivity index (χ2v) is 13.4. The lowest BCUT2D eigenvalue weighted by atomic mass is 10.0. The van der Waals surface area contributed by atoms with Crippen LogP contribution in [0, 0.1) is 0 Å². The predicted molar refractivity (Wildman–Crippen MR) is 172 cm³/mol. The van der Waals surface area contributed by atoms with Crippen LogP contribution < -0.4 is 5.32 Å². The molecule has 2 aliphatic rings. The highest BCUT2D eigenvalue weighted by atomic mass is 16.6. The first-order valence-electron chi connectivity index (χ1n) is 15.5. The van der Waals surface area contributed by atoms with Crippen LogP contribution in [0.4, 0.5) is 15.3 Å². The molecule has 0 spiro atoms. The summed E-state index contributed by atoms with van der Waals surface area (Å²) < 4.78 is 22.2. The number of amides is 3. The third-order valence-corrected chi connectivity index (χ3v) is 7.41. The fourth-order valence-electron chi connectivity index (χ4n) is 5.20. The molecule has 3 aromatic rings. The van der Waals surface area contributed by atoms with E-state index in [1.54, 1.807) is 31.9 Å². The molecule has 0 saturated carbocycles. The van der Waals surface area contributed by atoms with E-state index in [2.05, 4.69) is 15.3 Å². The van der Waals surface area contributed by atoms with Crippen LogP contribution in [0.25, 0.3) is 22.4 Å². The van der Waals surface area contributed by atoms with Crippen LogP contribution in [0.5, 0.6) is 0 Å². The lowest BCUT2D eigenvalue weighted by Crippen LogP contribution is -2.55. The van der Waals surface area contributed by atoms with Gasteiger partial charge in [-0.1, -0.05) is 36.4 Å². The molecule has 2 unspecified atom stereocenters. The van der Waals surface area contributed by atoms with Gasteiger partial charge in [-0.2, -0.15) is 0 Å². The average Bonchev–Trinajstić information content (AvgIpc) is 3.50. The van der Waals surface area contributed by atoms with Crippen molar-refractivity contribution >= 4 is 23.8 Å². The summed E-state index contributed by atoms with van der Waals surface area (Å²) >= 11 is 0. The molecule has 3 heterocycles. The Labute approximate surface area is 269 Å². The Balaban J connectivity index is 1.22. The fraction of sp³-hybridized carbons (Fsp3) is 0.471. The molecule has 12 heteroatoms. The highest BCUT2D eigenvalue weighted by molar-refractivity contribution is 5.97. The van der Waals surface area contributed by atoms with Crippen LogP contribution in [0.3, 0.4) is 0 Å². The van der Waals surface area contributed by atoms with Gasteiger partial charge >= 0.3 is 12.2 Å². The van der Waals surface area contributed by atoms with Gasteiger partial charge in [0.25, 0.3) is 0 Å². The molecule has 12 nitrogen and oxygen atoms in total. The maximum Gasteiger partial charge on any atom is 0.411 e. The summed E-state index contributed by atoms with van der Waals surface area (Å²) in [5.74, 6) is 0.298. The predicted octanol–water partition coefficient (Wildman–Crippen LogP) is 5.63. The van der Waals surface area contributed by atoms with Gasteiger partial charge in [0.05, 0.1) is 38.3 Å². The number of imidazole rings is 1. The monoisotopic (exact) mass is 633 g/mol. The van der Waals surface area contributed by atoms with E-state index in [0.29, 0.717) is 37.9 Å². The van der Waals surface area contributed by atoms with Crippen LogP contribution in [-0.2, 0) is 23.7 Å². The number of rotatable bonds is 5. The van der Waals surface area contributed by atoms with E-state index >= 15 is 0 Å². The van der Waals surface area contributed by atoms with Crippen molar-refractivity contribution in [2.24, 2.45) is 0 Å². The summed E-state index contributed by atoms with van der Waals surface area (Å²) in [7, 11) is 0. The molecule has 2 aliphatic heterocycles. The largest absolute Gasteiger partial charge is 0.444 e. The summed E-state index contributed by atoms with van der Waals surface area (Å²) in [4.78, 5) is 49.6. The van der Waals surface area contributed by atoms with Gasteiger partial charge in [0.1, 0.15) is 29.1 Å². The number of nitrogens with zero attached hydrogens (tertiary/aromatic N) is 3. The number of morpholine rings is 2. The maximum absolute atomic E-state index is 13.1. The zero-order valence-corrected chi connectivity index (χ0v) is 27.3. The molecular weight excluding hydrogens is 590 g/mol. The first-order chi connectivity index (χ1) is 21.8. The van der Waals surface area contributed by atoms with Crippen molar-refractivity contribution in [1.82, 2.24) is 19.8 Å². The third kappa shape index (κ3) is 8.24. The van der Waals surface area contributed by atoms with Crippen molar-refractivity contribution in [2.45, 2.75) is 64.8 Å². The normalized spacial score (nSPS) is 19.0.